The van der Waals surface area contributed by atoms with Gasteiger partial charge in [0.05, 0.1) is 18.0 Å². The summed E-state index contributed by atoms with van der Waals surface area (Å²) in [6, 6.07) is 7.71. The second-order valence-corrected chi connectivity index (χ2v) is 4.22. The Kier molecular flexibility index (Phi) is 4.88. The number of aryl methyl sites for hydroxylation is 1. The van der Waals surface area contributed by atoms with E-state index in [0.717, 1.165) is 23.7 Å². The van der Waals surface area contributed by atoms with Crippen molar-refractivity contribution in [3.05, 3.63) is 48.0 Å². The van der Waals surface area contributed by atoms with Crippen LogP contribution in [0.15, 0.2) is 36.7 Å². The quantitative estimate of drug-likeness (QED) is 0.633. The standard InChI is InChI=1S/C15H15ClN2O/c1-13-17-9-10-18(13)11-12-19-15-7-3-2-5-14(15)6-4-8-16/h2-3,5,7,9-10H,8,11-12H2,1H3. The molecule has 0 amide bonds. The maximum Gasteiger partial charge on any atom is 0.135 e. The van der Waals surface area contributed by atoms with Gasteiger partial charge in [0.25, 0.3) is 0 Å². The molecule has 4 heteroatoms. The van der Waals surface area contributed by atoms with Crippen LogP contribution in [0.1, 0.15) is 11.4 Å². The molecule has 0 fully saturated rings. The molecule has 0 aliphatic heterocycles. The summed E-state index contributed by atoms with van der Waals surface area (Å²) in [4.78, 5) is 4.17. The van der Waals surface area contributed by atoms with Crippen LogP contribution in [0.25, 0.3) is 0 Å². The van der Waals surface area contributed by atoms with E-state index in [1.165, 1.54) is 0 Å². The molecule has 0 bridgehead atoms. The van der Waals surface area contributed by atoms with Gasteiger partial charge in [0.2, 0.25) is 0 Å². The minimum Gasteiger partial charge on any atom is -0.490 e. The van der Waals surface area contributed by atoms with E-state index in [9.17, 15) is 0 Å². The van der Waals surface area contributed by atoms with Crippen molar-refractivity contribution in [2.24, 2.45) is 0 Å². The summed E-state index contributed by atoms with van der Waals surface area (Å²) in [7, 11) is 0. The third-order valence-electron chi connectivity index (χ3n) is 2.69. The zero-order valence-electron chi connectivity index (χ0n) is 10.8. The first-order valence-corrected chi connectivity index (χ1v) is 6.59. The lowest BCUT2D eigenvalue weighted by Gasteiger charge is -2.09. The molecule has 3 nitrogen and oxygen atoms in total. The van der Waals surface area contributed by atoms with Crippen LogP contribution in [-0.2, 0) is 6.54 Å². The summed E-state index contributed by atoms with van der Waals surface area (Å²) in [6.07, 6.45) is 3.73. The highest BCUT2D eigenvalue weighted by molar-refractivity contribution is 6.19. The number of nitrogens with zero attached hydrogens (tertiary/aromatic N) is 2. The molecular weight excluding hydrogens is 260 g/mol. The van der Waals surface area contributed by atoms with E-state index in [0.29, 0.717) is 12.5 Å². The Hall–Kier alpha value is -1.92. The van der Waals surface area contributed by atoms with Gasteiger partial charge in [-0.25, -0.2) is 4.98 Å². The average Bonchev–Trinajstić information content (AvgIpc) is 2.83. The number of ether oxygens (including phenoxy) is 1. The fraction of sp³-hybridized carbons (Fsp3) is 0.267. The van der Waals surface area contributed by atoms with Crippen LogP contribution in [0.2, 0.25) is 0 Å². The first-order chi connectivity index (χ1) is 9.31. The van der Waals surface area contributed by atoms with Crippen molar-refractivity contribution in [2.75, 3.05) is 12.5 Å². The molecule has 19 heavy (non-hydrogen) atoms. The maximum absolute atomic E-state index is 5.77. The molecule has 0 radical (unpaired) electrons. The third-order valence-corrected chi connectivity index (χ3v) is 2.82. The normalized spacial score (nSPS) is 9.79. The Balaban J connectivity index is 1.98. The Bertz CT molecular complexity index is 595. The van der Waals surface area contributed by atoms with Crippen LogP contribution < -0.4 is 4.74 Å². The number of alkyl halides is 1. The molecule has 0 unspecified atom stereocenters. The topological polar surface area (TPSA) is 27.1 Å². The first kappa shape index (κ1) is 13.5. The minimum absolute atomic E-state index is 0.322. The smallest absolute Gasteiger partial charge is 0.135 e. The summed E-state index contributed by atoms with van der Waals surface area (Å²) in [6.45, 7) is 3.32. The zero-order valence-corrected chi connectivity index (χ0v) is 11.5. The van der Waals surface area contributed by atoms with E-state index in [1.807, 2.05) is 42.0 Å². The highest BCUT2D eigenvalue weighted by atomic mass is 35.5. The van der Waals surface area contributed by atoms with Gasteiger partial charge in [-0.05, 0) is 19.1 Å². The number of rotatable bonds is 4. The molecule has 0 spiro atoms. The molecule has 2 aromatic rings. The maximum atomic E-state index is 5.77. The number of benzene rings is 1. The molecule has 0 N–H and O–H groups in total. The lowest BCUT2D eigenvalue weighted by atomic mass is 10.2. The van der Waals surface area contributed by atoms with Gasteiger partial charge in [-0.2, -0.15) is 0 Å². The minimum atomic E-state index is 0.322. The fourth-order valence-electron chi connectivity index (χ4n) is 1.72. The molecular formula is C15H15ClN2O. The van der Waals surface area contributed by atoms with E-state index in [-0.39, 0.29) is 0 Å². The van der Waals surface area contributed by atoms with Crippen molar-refractivity contribution in [1.82, 2.24) is 9.55 Å². The molecule has 2 rings (SSSR count). The van der Waals surface area contributed by atoms with Gasteiger partial charge in [-0.3, -0.25) is 0 Å². The molecule has 1 aromatic heterocycles. The van der Waals surface area contributed by atoms with Crippen molar-refractivity contribution >= 4 is 11.6 Å². The SMILES string of the molecule is Cc1nccn1CCOc1ccccc1C#CCCl. The Morgan fingerprint density at radius 2 is 2.21 bits per heavy atom. The van der Waals surface area contributed by atoms with Crippen LogP contribution in [0.5, 0.6) is 5.75 Å². The Morgan fingerprint density at radius 1 is 1.37 bits per heavy atom. The molecule has 0 atom stereocenters. The molecule has 0 saturated carbocycles. The number of hydrogen-bond donors (Lipinski definition) is 0. The molecule has 0 saturated heterocycles. The fourth-order valence-corrected chi connectivity index (χ4v) is 1.79. The van der Waals surface area contributed by atoms with E-state index in [4.69, 9.17) is 16.3 Å². The summed E-state index contributed by atoms with van der Waals surface area (Å²) in [5.41, 5.74) is 0.866. The lowest BCUT2D eigenvalue weighted by molar-refractivity contribution is 0.296. The van der Waals surface area contributed by atoms with Gasteiger partial charge in [0.1, 0.15) is 18.2 Å². The van der Waals surface area contributed by atoms with Crippen molar-refractivity contribution in [2.45, 2.75) is 13.5 Å². The van der Waals surface area contributed by atoms with Crippen LogP contribution in [0.4, 0.5) is 0 Å². The van der Waals surface area contributed by atoms with Crippen molar-refractivity contribution in [1.29, 1.82) is 0 Å². The lowest BCUT2D eigenvalue weighted by Crippen LogP contribution is -2.09. The van der Waals surface area contributed by atoms with E-state index >= 15 is 0 Å². The first-order valence-electron chi connectivity index (χ1n) is 6.05. The molecule has 1 heterocycles. The predicted octanol–water partition coefficient (Wildman–Crippen LogP) is 2.86. The van der Waals surface area contributed by atoms with E-state index < -0.39 is 0 Å². The molecule has 1 aromatic carbocycles. The Morgan fingerprint density at radius 3 is 2.95 bits per heavy atom. The van der Waals surface area contributed by atoms with Gasteiger partial charge in [0.15, 0.2) is 0 Å². The van der Waals surface area contributed by atoms with Gasteiger partial charge < -0.3 is 9.30 Å². The summed E-state index contributed by atoms with van der Waals surface area (Å²) >= 11 is 5.57. The third kappa shape index (κ3) is 3.77. The second kappa shape index (κ2) is 6.86. The largest absolute Gasteiger partial charge is 0.490 e. The molecule has 98 valence electrons. The second-order valence-electron chi connectivity index (χ2n) is 3.95. The summed E-state index contributed by atoms with van der Waals surface area (Å²) < 4.78 is 7.82. The van der Waals surface area contributed by atoms with Gasteiger partial charge in [-0.1, -0.05) is 24.0 Å². The van der Waals surface area contributed by atoms with E-state index in [1.54, 1.807) is 6.20 Å². The average molecular weight is 275 g/mol. The van der Waals surface area contributed by atoms with Crippen molar-refractivity contribution in [3.63, 3.8) is 0 Å². The molecule has 0 aliphatic carbocycles. The summed E-state index contributed by atoms with van der Waals surface area (Å²) in [5.74, 6) is 7.93. The molecule has 0 aliphatic rings. The van der Waals surface area contributed by atoms with Crippen molar-refractivity contribution < 1.29 is 4.74 Å². The van der Waals surface area contributed by atoms with E-state index in [2.05, 4.69) is 16.8 Å². The number of para-hydroxylation sites is 1. The van der Waals surface area contributed by atoms with Gasteiger partial charge >= 0.3 is 0 Å². The van der Waals surface area contributed by atoms with Crippen LogP contribution in [-0.4, -0.2) is 22.0 Å². The predicted molar refractivity (Wildman–Crippen MR) is 76.5 cm³/mol. The van der Waals surface area contributed by atoms with Gasteiger partial charge in [-0.15, -0.1) is 11.6 Å². The zero-order chi connectivity index (χ0) is 13.5. The van der Waals surface area contributed by atoms with Crippen LogP contribution in [0, 0.1) is 18.8 Å². The number of imidazole rings is 1. The number of aromatic nitrogens is 2. The number of hydrogen-bond acceptors (Lipinski definition) is 2. The van der Waals surface area contributed by atoms with Gasteiger partial charge in [0, 0.05) is 12.4 Å². The van der Waals surface area contributed by atoms with Crippen LogP contribution >= 0.6 is 11.6 Å². The highest BCUT2D eigenvalue weighted by Crippen LogP contribution is 2.16. The Labute approximate surface area is 118 Å². The van der Waals surface area contributed by atoms with Crippen molar-refractivity contribution in [3.8, 4) is 17.6 Å². The van der Waals surface area contributed by atoms with Crippen LogP contribution in [0.3, 0.4) is 0 Å². The number of halogens is 1. The monoisotopic (exact) mass is 274 g/mol. The highest BCUT2D eigenvalue weighted by Gasteiger charge is 2.01. The summed E-state index contributed by atoms with van der Waals surface area (Å²) in [5, 5.41) is 0.